The Bertz CT molecular complexity index is 402. The van der Waals surface area contributed by atoms with Gasteiger partial charge in [0.2, 0.25) is 0 Å². The highest BCUT2D eigenvalue weighted by molar-refractivity contribution is 9.10. The summed E-state index contributed by atoms with van der Waals surface area (Å²) >= 11 is 3.20. The first-order valence-electron chi connectivity index (χ1n) is 4.47. The Hall–Kier alpha value is -1.28. The lowest BCUT2D eigenvalue weighted by Gasteiger charge is -2.20. The van der Waals surface area contributed by atoms with E-state index in [0.29, 0.717) is 5.69 Å². The minimum atomic E-state index is -4.41. The van der Waals surface area contributed by atoms with E-state index < -0.39 is 18.4 Å². The van der Waals surface area contributed by atoms with Crippen LogP contribution >= 0.6 is 15.9 Å². The summed E-state index contributed by atoms with van der Waals surface area (Å²) in [4.78, 5) is 0. The molecule has 0 aliphatic rings. The molecule has 0 fully saturated rings. The average Bonchev–Trinajstić information content (AvgIpc) is 2.25. The van der Waals surface area contributed by atoms with E-state index in [2.05, 4.69) is 21.0 Å². The summed E-state index contributed by atoms with van der Waals surface area (Å²) < 4.78 is 37.4. The maximum Gasteiger partial charge on any atom is 0.396 e. The zero-order valence-corrected chi connectivity index (χ0v) is 10.2. The Morgan fingerprint density at radius 1 is 1.29 bits per heavy atom. The van der Waals surface area contributed by atoms with E-state index in [1.165, 1.54) is 0 Å². The molecule has 1 aromatic rings. The number of halogens is 4. The lowest BCUT2D eigenvalue weighted by atomic mass is 10.3. The SMILES string of the molecule is N/N=C(/CC(F)(F)F)N(N)c1ccc(Br)cc1. The molecule has 94 valence electrons. The number of hydrogen-bond donors (Lipinski definition) is 2. The number of benzene rings is 1. The number of alkyl halides is 3. The third kappa shape index (κ3) is 4.23. The number of nitrogens with two attached hydrogens (primary N) is 2. The molecule has 0 unspecified atom stereocenters. The second kappa shape index (κ2) is 5.37. The van der Waals surface area contributed by atoms with Crippen molar-refractivity contribution in [2.24, 2.45) is 16.8 Å². The zero-order valence-electron chi connectivity index (χ0n) is 8.58. The molecule has 17 heavy (non-hydrogen) atoms. The van der Waals surface area contributed by atoms with Crippen LogP contribution in [0.1, 0.15) is 6.42 Å². The molecule has 1 rings (SSSR count). The lowest BCUT2D eigenvalue weighted by Crippen LogP contribution is -2.40. The van der Waals surface area contributed by atoms with Gasteiger partial charge >= 0.3 is 6.18 Å². The number of hydrazone groups is 1. The fourth-order valence-electron chi connectivity index (χ4n) is 1.12. The highest BCUT2D eigenvalue weighted by Gasteiger charge is 2.32. The second-order valence-electron chi connectivity index (χ2n) is 3.18. The number of hydrazine groups is 1. The minimum Gasteiger partial charge on any atom is -0.322 e. The van der Waals surface area contributed by atoms with Gasteiger partial charge in [-0.05, 0) is 24.3 Å². The molecule has 0 radical (unpaired) electrons. The van der Waals surface area contributed by atoms with E-state index in [-0.39, 0.29) is 0 Å². The predicted octanol–water partition coefficient (Wildman–Crippen LogP) is 2.35. The summed E-state index contributed by atoms with van der Waals surface area (Å²) in [6.07, 6.45) is -5.69. The molecule has 0 saturated heterocycles. The van der Waals surface area contributed by atoms with Crippen molar-refractivity contribution in [1.82, 2.24) is 0 Å². The fourth-order valence-corrected chi connectivity index (χ4v) is 1.39. The van der Waals surface area contributed by atoms with Crippen molar-refractivity contribution < 1.29 is 13.2 Å². The van der Waals surface area contributed by atoms with E-state index in [9.17, 15) is 13.2 Å². The standard InChI is InChI=1S/C9H10BrF3N4/c10-6-1-3-7(4-2-6)17(15)8(16-14)5-9(11,12)13/h1-4H,5,14-15H2/b16-8-. The Morgan fingerprint density at radius 2 is 1.82 bits per heavy atom. The number of rotatable bonds is 2. The van der Waals surface area contributed by atoms with Crippen molar-refractivity contribution in [1.29, 1.82) is 0 Å². The molecular weight excluding hydrogens is 301 g/mol. The predicted molar refractivity (Wildman–Crippen MR) is 63.1 cm³/mol. The molecule has 1 aromatic carbocycles. The molecule has 0 spiro atoms. The van der Waals surface area contributed by atoms with Crippen molar-refractivity contribution in [3.8, 4) is 0 Å². The van der Waals surface area contributed by atoms with Gasteiger partial charge < -0.3 is 5.84 Å². The first-order chi connectivity index (χ1) is 7.83. The third-order valence-corrected chi connectivity index (χ3v) is 2.42. The van der Waals surface area contributed by atoms with Gasteiger partial charge in [0.1, 0.15) is 6.42 Å². The Morgan fingerprint density at radius 3 is 2.24 bits per heavy atom. The molecule has 0 amide bonds. The van der Waals surface area contributed by atoms with Crippen LogP contribution in [-0.4, -0.2) is 12.0 Å². The summed E-state index contributed by atoms with van der Waals surface area (Å²) in [7, 11) is 0. The van der Waals surface area contributed by atoms with Gasteiger partial charge in [-0.25, -0.2) is 5.84 Å². The summed E-state index contributed by atoms with van der Waals surface area (Å²) in [5, 5.41) is 3.86. The van der Waals surface area contributed by atoms with Crippen LogP contribution in [0.2, 0.25) is 0 Å². The Balaban J connectivity index is 2.87. The molecule has 0 saturated carbocycles. The number of nitrogens with zero attached hydrogens (tertiary/aromatic N) is 2. The Labute approximate surface area is 104 Å². The quantitative estimate of drug-likeness (QED) is 0.381. The smallest absolute Gasteiger partial charge is 0.322 e. The molecule has 0 aromatic heterocycles. The van der Waals surface area contributed by atoms with Gasteiger partial charge in [-0.15, -0.1) is 0 Å². The first-order valence-corrected chi connectivity index (χ1v) is 5.26. The highest BCUT2D eigenvalue weighted by Crippen LogP contribution is 2.23. The van der Waals surface area contributed by atoms with Crippen LogP contribution in [0.3, 0.4) is 0 Å². The number of amidine groups is 1. The van der Waals surface area contributed by atoms with Gasteiger partial charge in [0, 0.05) is 4.47 Å². The molecule has 0 atom stereocenters. The monoisotopic (exact) mass is 310 g/mol. The average molecular weight is 311 g/mol. The maximum absolute atomic E-state index is 12.2. The molecule has 0 heterocycles. The van der Waals surface area contributed by atoms with Gasteiger partial charge in [-0.1, -0.05) is 15.9 Å². The third-order valence-electron chi connectivity index (χ3n) is 1.89. The van der Waals surface area contributed by atoms with Crippen LogP contribution in [-0.2, 0) is 0 Å². The maximum atomic E-state index is 12.2. The van der Waals surface area contributed by atoms with Gasteiger partial charge in [0.05, 0.1) is 5.69 Å². The van der Waals surface area contributed by atoms with Crippen LogP contribution in [0, 0.1) is 0 Å². The highest BCUT2D eigenvalue weighted by atomic mass is 79.9. The molecular formula is C9H10BrF3N4. The Kier molecular flexibility index (Phi) is 4.35. The van der Waals surface area contributed by atoms with Crippen molar-refractivity contribution in [2.75, 3.05) is 5.01 Å². The largest absolute Gasteiger partial charge is 0.396 e. The van der Waals surface area contributed by atoms with Crippen molar-refractivity contribution in [3.63, 3.8) is 0 Å². The second-order valence-corrected chi connectivity index (χ2v) is 4.10. The van der Waals surface area contributed by atoms with Crippen LogP contribution in [0.5, 0.6) is 0 Å². The van der Waals surface area contributed by atoms with E-state index >= 15 is 0 Å². The van der Waals surface area contributed by atoms with E-state index in [4.69, 9.17) is 11.7 Å². The molecule has 0 bridgehead atoms. The molecule has 0 aliphatic carbocycles. The fraction of sp³-hybridized carbons (Fsp3) is 0.222. The van der Waals surface area contributed by atoms with Crippen molar-refractivity contribution >= 4 is 27.5 Å². The van der Waals surface area contributed by atoms with Crippen molar-refractivity contribution in [3.05, 3.63) is 28.7 Å². The first kappa shape index (κ1) is 13.8. The molecule has 4 N–H and O–H groups in total. The minimum absolute atomic E-state index is 0.363. The summed E-state index contributed by atoms with van der Waals surface area (Å²) in [6.45, 7) is 0. The van der Waals surface area contributed by atoms with E-state index in [0.717, 1.165) is 9.48 Å². The van der Waals surface area contributed by atoms with Gasteiger partial charge in [-0.2, -0.15) is 18.3 Å². The van der Waals surface area contributed by atoms with Gasteiger partial charge in [-0.3, -0.25) is 5.01 Å². The summed E-state index contributed by atoms with van der Waals surface area (Å²) in [5.41, 5.74) is 0.363. The van der Waals surface area contributed by atoms with Crippen LogP contribution in [0.4, 0.5) is 18.9 Å². The van der Waals surface area contributed by atoms with Crippen LogP contribution in [0.15, 0.2) is 33.8 Å². The molecule has 8 heteroatoms. The number of anilines is 1. The van der Waals surface area contributed by atoms with Gasteiger partial charge in [0.15, 0.2) is 5.84 Å². The van der Waals surface area contributed by atoms with Gasteiger partial charge in [0.25, 0.3) is 0 Å². The van der Waals surface area contributed by atoms with E-state index in [1.54, 1.807) is 24.3 Å². The normalized spacial score (nSPS) is 12.6. The van der Waals surface area contributed by atoms with E-state index in [1.807, 2.05) is 0 Å². The van der Waals surface area contributed by atoms with Crippen LogP contribution < -0.4 is 16.7 Å². The lowest BCUT2D eigenvalue weighted by molar-refractivity contribution is -0.121. The summed E-state index contributed by atoms with van der Waals surface area (Å²) in [5.74, 6) is 9.96. The topological polar surface area (TPSA) is 67.6 Å². The zero-order chi connectivity index (χ0) is 13.1. The summed E-state index contributed by atoms with van der Waals surface area (Å²) in [6, 6.07) is 6.39. The van der Waals surface area contributed by atoms with Crippen molar-refractivity contribution in [2.45, 2.75) is 12.6 Å². The molecule has 0 aliphatic heterocycles. The molecule has 4 nitrogen and oxygen atoms in total. The number of hydrogen-bond acceptors (Lipinski definition) is 3. The van der Waals surface area contributed by atoms with Crippen LogP contribution in [0.25, 0.3) is 0 Å².